The van der Waals surface area contributed by atoms with Crippen LogP contribution < -0.4 is 5.32 Å². The van der Waals surface area contributed by atoms with Crippen LogP contribution in [0.25, 0.3) is 0 Å². The fraction of sp³-hybridized carbons (Fsp3) is 0.800. The SMILES string of the molecule is CCc1nsc(NCC2CCCN2C)n1. The predicted molar refractivity (Wildman–Crippen MR) is 63.4 cm³/mol. The highest BCUT2D eigenvalue weighted by Crippen LogP contribution is 2.17. The smallest absolute Gasteiger partial charge is 0.202 e. The van der Waals surface area contributed by atoms with E-state index in [1.807, 2.05) is 0 Å². The highest BCUT2D eigenvalue weighted by molar-refractivity contribution is 7.09. The number of likely N-dealkylation sites (tertiary alicyclic amines) is 1. The molecule has 0 saturated carbocycles. The van der Waals surface area contributed by atoms with Gasteiger partial charge in [-0.05, 0) is 26.4 Å². The Morgan fingerprint density at radius 1 is 1.60 bits per heavy atom. The summed E-state index contributed by atoms with van der Waals surface area (Å²) in [6, 6.07) is 0.666. The van der Waals surface area contributed by atoms with Crippen molar-refractivity contribution in [1.29, 1.82) is 0 Å². The molecule has 5 heteroatoms. The first kappa shape index (κ1) is 10.8. The Morgan fingerprint density at radius 3 is 3.07 bits per heavy atom. The van der Waals surface area contributed by atoms with Gasteiger partial charge in [-0.2, -0.15) is 4.37 Å². The van der Waals surface area contributed by atoms with Crippen LogP contribution in [0.2, 0.25) is 0 Å². The Morgan fingerprint density at radius 2 is 2.47 bits per heavy atom. The lowest BCUT2D eigenvalue weighted by Crippen LogP contribution is -2.31. The van der Waals surface area contributed by atoms with Crippen molar-refractivity contribution in [3.05, 3.63) is 5.82 Å². The average molecular weight is 226 g/mol. The summed E-state index contributed by atoms with van der Waals surface area (Å²) in [5.41, 5.74) is 0. The lowest BCUT2D eigenvalue weighted by Gasteiger charge is -2.19. The van der Waals surface area contributed by atoms with Crippen molar-refractivity contribution in [1.82, 2.24) is 14.3 Å². The van der Waals surface area contributed by atoms with Gasteiger partial charge < -0.3 is 10.2 Å². The normalized spacial score (nSPS) is 22.1. The van der Waals surface area contributed by atoms with Gasteiger partial charge in [0.05, 0.1) is 0 Å². The molecule has 0 amide bonds. The largest absolute Gasteiger partial charge is 0.359 e. The third-order valence-corrected chi connectivity index (χ3v) is 3.66. The number of nitrogens with zero attached hydrogens (tertiary/aromatic N) is 3. The van der Waals surface area contributed by atoms with E-state index in [1.54, 1.807) is 0 Å². The molecule has 0 aliphatic carbocycles. The number of hydrogen-bond acceptors (Lipinski definition) is 5. The van der Waals surface area contributed by atoms with E-state index in [2.05, 4.69) is 33.5 Å². The van der Waals surface area contributed by atoms with Crippen molar-refractivity contribution in [2.75, 3.05) is 25.5 Å². The molecule has 1 atom stereocenters. The molecule has 1 aromatic heterocycles. The Labute approximate surface area is 94.9 Å². The van der Waals surface area contributed by atoms with Crippen LogP contribution in [0.1, 0.15) is 25.6 Å². The molecule has 0 aromatic carbocycles. The molecule has 0 bridgehead atoms. The van der Waals surface area contributed by atoms with Crippen LogP contribution in [0.4, 0.5) is 5.13 Å². The summed E-state index contributed by atoms with van der Waals surface area (Å²) in [7, 11) is 2.19. The van der Waals surface area contributed by atoms with Crippen LogP contribution in [-0.2, 0) is 6.42 Å². The molecule has 1 aliphatic heterocycles. The number of rotatable bonds is 4. The summed E-state index contributed by atoms with van der Waals surface area (Å²) in [4.78, 5) is 6.80. The standard InChI is InChI=1S/C10H18N4S/c1-3-9-12-10(15-13-9)11-7-8-5-4-6-14(8)2/h8H,3-7H2,1-2H3,(H,11,12,13). The van der Waals surface area contributed by atoms with Crippen LogP contribution in [0.3, 0.4) is 0 Å². The number of aromatic nitrogens is 2. The molecule has 1 unspecified atom stereocenters. The van der Waals surface area contributed by atoms with E-state index in [1.165, 1.54) is 30.9 Å². The summed E-state index contributed by atoms with van der Waals surface area (Å²) in [6.45, 7) is 4.30. The molecule has 15 heavy (non-hydrogen) atoms. The summed E-state index contributed by atoms with van der Waals surface area (Å²) in [5.74, 6) is 0.947. The highest BCUT2D eigenvalue weighted by atomic mass is 32.1. The van der Waals surface area contributed by atoms with Crippen LogP contribution in [0, 0.1) is 0 Å². The van der Waals surface area contributed by atoms with Gasteiger partial charge in [0.2, 0.25) is 5.13 Å². The summed E-state index contributed by atoms with van der Waals surface area (Å²) < 4.78 is 4.25. The summed E-state index contributed by atoms with van der Waals surface area (Å²) in [6.07, 6.45) is 3.53. The molecule has 84 valence electrons. The quantitative estimate of drug-likeness (QED) is 0.847. The van der Waals surface area contributed by atoms with Gasteiger partial charge in [-0.25, -0.2) is 4.98 Å². The van der Waals surface area contributed by atoms with Crippen LogP contribution in [0.5, 0.6) is 0 Å². The first-order valence-corrected chi connectivity index (χ1v) is 6.33. The Kier molecular flexibility index (Phi) is 3.53. The van der Waals surface area contributed by atoms with Gasteiger partial charge in [-0.1, -0.05) is 6.92 Å². The van der Waals surface area contributed by atoms with Crippen molar-refractivity contribution in [2.24, 2.45) is 0 Å². The number of hydrogen-bond donors (Lipinski definition) is 1. The van der Waals surface area contributed by atoms with E-state index in [-0.39, 0.29) is 0 Å². The molecular formula is C10H18N4S. The van der Waals surface area contributed by atoms with Crippen molar-refractivity contribution in [3.63, 3.8) is 0 Å². The number of aryl methyl sites for hydroxylation is 1. The van der Waals surface area contributed by atoms with E-state index in [9.17, 15) is 0 Å². The molecule has 0 spiro atoms. The molecular weight excluding hydrogens is 208 g/mol. The van der Waals surface area contributed by atoms with E-state index in [0.29, 0.717) is 6.04 Å². The van der Waals surface area contributed by atoms with Crippen molar-refractivity contribution in [3.8, 4) is 0 Å². The molecule has 4 nitrogen and oxygen atoms in total. The van der Waals surface area contributed by atoms with Gasteiger partial charge in [-0.3, -0.25) is 0 Å². The van der Waals surface area contributed by atoms with E-state index in [4.69, 9.17) is 0 Å². The molecule has 2 heterocycles. The molecule has 1 aromatic rings. The second-order valence-corrected chi connectivity index (χ2v) is 4.78. The number of nitrogens with one attached hydrogen (secondary N) is 1. The fourth-order valence-electron chi connectivity index (χ4n) is 1.91. The number of anilines is 1. The second kappa shape index (κ2) is 4.90. The van der Waals surface area contributed by atoms with Crippen LogP contribution in [-0.4, -0.2) is 40.4 Å². The minimum atomic E-state index is 0.666. The highest BCUT2D eigenvalue weighted by Gasteiger charge is 2.20. The van der Waals surface area contributed by atoms with E-state index in [0.717, 1.165) is 23.9 Å². The van der Waals surface area contributed by atoms with Crippen molar-refractivity contribution < 1.29 is 0 Å². The lowest BCUT2D eigenvalue weighted by molar-refractivity contribution is 0.322. The Bertz CT molecular complexity index is 312. The summed E-state index contributed by atoms with van der Waals surface area (Å²) >= 11 is 1.47. The maximum Gasteiger partial charge on any atom is 0.202 e. The zero-order valence-electron chi connectivity index (χ0n) is 9.36. The zero-order valence-corrected chi connectivity index (χ0v) is 10.2. The molecule has 1 saturated heterocycles. The maximum atomic E-state index is 4.39. The summed E-state index contributed by atoms with van der Waals surface area (Å²) in [5, 5.41) is 4.34. The second-order valence-electron chi connectivity index (χ2n) is 4.03. The molecule has 1 aliphatic rings. The Hall–Kier alpha value is -0.680. The zero-order chi connectivity index (χ0) is 10.7. The first-order chi connectivity index (χ1) is 7.29. The van der Waals surface area contributed by atoms with Crippen molar-refractivity contribution >= 4 is 16.7 Å². The third kappa shape index (κ3) is 2.66. The van der Waals surface area contributed by atoms with Gasteiger partial charge in [0.15, 0.2) is 0 Å². The molecule has 1 N–H and O–H groups in total. The average Bonchev–Trinajstić information content (AvgIpc) is 2.84. The Balaban J connectivity index is 1.82. The first-order valence-electron chi connectivity index (χ1n) is 5.56. The molecule has 2 rings (SSSR count). The van der Waals surface area contributed by atoms with Gasteiger partial charge in [0.1, 0.15) is 5.82 Å². The lowest BCUT2D eigenvalue weighted by atomic mass is 10.2. The minimum Gasteiger partial charge on any atom is -0.359 e. The van der Waals surface area contributed by atoms with Gasteiger partial charge in [0.25, 0.3) is 0 Å². The van der Waals surface area contributed by atoms with E-state index >= 15 is 0 Å². The van der Waals surface area contributed by atoms with Crippen LogP contribution in [0.15, 0.2) is 0 Å². The fourth-order valence-corrected chi connectivity index (χ4v) is 2.57. The van der Waals surface area contributed by atoms with Gasteiger partial charge in [0, 0.05) is 30.5 Å². The van der Waals surface area contributed by atoms with E-state index < -0.39 is 0 Å². The predicted octanol–water partition coefficient (Wildman–Crippen LogP) is 1.61. The monoisotopic (exact) mass is 226 g/mol. The van der Waals surface area contributed by atoms with Gasteiger partial charge in [-0.15, -0.1) is 0 Å². The topological polar surface area (TPSA) is 41.1 Å². The van der Waals surface area contributed by atoms with Crippen LogP contribution >= 0.6 is 11.5 Å². The molecule has 1 fully saturated rings. The third-order valence-electron chi connectivity index (χ3n) is 2.94. The van der Waals surface area contributed by atoms with Crippen molar-refractivity contribution in [2.45, 2.75) is 32.2 Å². The maximum absolute atomic E-state index is 4.39. The van der Waals surface area contributed by atoms with Gasteiger partial charge >= 0.3 is 0 Å². The molecule has 0 radical (unpaired) electrons. The number of likely N-dealkylation sites (N-methyl/N-ethyl adjacent to an activating group) is 1. The minimum absolute atomic E-state index is 0.666.